The highest BCUT2D eigenvalue weighted by atomic mass is 16.5. The molecule has 3 amide bonds. The molecule has 1 saturated heterocycles. The van der Waals surface area contributed by atoms with Crippen LogP contribution in [0.1, 0.15) is 58.1 Å². The van der Waals surface area contributed by atoms with Crippen LogP contribution in [-0.4, -0.2) is 83.0 Å². The Bertz CT molecular complexity index is 2180. The van der Waals surface area contributed by atoms with Crippen LogP contribution in [0.4, 0.5) is 0 Å². The van der Waals surface area contributed by atoms with Gasteiger partial charge >= 0.3 is 5.97 Å². The molecule has 298 valence electrons. The Hall–Kier alpha value is -5.71. The van der Waals surface area contributed by atoms with Crippen LogP contribution in [0.15, 0.2) is 91.5 Å². The summed E-state index contributed by atoms with van der Waals surface area (Å²) in [4.78, 5) is 65.0. The van der Waals surface area contributed by atoms with E-state index in [1.165, 1.54) is 5.56 Å². The average Bonchev–Trinajstić information content (AvgIpc) is 3.77. The van der Waals surface area contributed by atoms with E-state index < -0.39 is 40.9 Å². The van der Waals surface area contributed by atoms with Crippen LogP contribution >= 0.6 is 0 Å². The van der Waals surface area contributed by atoms with Gasteiger partial charge in [0.25, 0.3) is 0 Å². The lowest BCUT2D eigenvalue weighted by Crippen LogP contribution is -2.55. The molecule has 11 heteroatoms. The summed E-state index contributed by atoms with van der Waals surface area (Å²) >= 11 is 0. The third-order valence-corrected chi connectivity index (χ3v) is 11.7. The molecule has 1 aromatic heterocycles. The maximum atomic E-state index is 15.0. The number of hydrogen-bond donors (Lipinski definition) is 1. The zero-order valence-electron chi connectivity index (χ0n) is 33.5. The van der Waals surface area contributed by atoms with E-state index in [1.807, 2.05) is 98.5 Å². The molecule has 3 heterocycles. The van der Waals surface area contributed by atoms with Gasteiger partial charge in [0.15, 0.2) is 0 Å². The minimum absolute atomic E-state index is 0.0105. The summed E-state index contributed by atoms with van der Waals surface area (Å²) in [5.41, 5.74) is 2.72. The minimum Gasteiger partial charge on any atom is -0.497 e. The summed E-state index contributed by atoms with van der Waals surface area (Å²) in [6.07, 6.45) is 2.29. The van der Waals surface area contributed by atoms with Gasteiger partial charge in [-0.25, -0.2) is 9.78 Å². The maximum Gasteiger partial charge on any atom is 0.332 e. The lowest BCUT2D eigenvalue weighted by molar-refractivity contribution is -0.151. The number of nitrogens with zero attached hydrogens (tertiary/aromatic N) is 3. The summed E-state index contributed by atoms with van der Waals surface area (Å²) in [5, 5.41) is 3.73. The number of nitrogens with one attached hydrogen (secondary N) is 1. The van der Waals surface area contributed by atoms with E-state index >= 15 is 0 Å². The lowest BCUT2D eigenvalue weighted by atomic mass is 9.77. The fraction of sp³-hybridized carbons (Fsp3) is 0.413. The molecule has 5 atom stereocenters. The third-order valence-electron chi connectivity index (χ3n) is 11.7. The number of benzene rings is 3. The van der Waals surface area contributed by atoms with Crippen molar-refractivity contribution in [3.05, 3.63) is 103 Å². The first-order valence-electron chi connectivity index (χ1n) is 19.8. The lowest BCUT2D eigenvalue weighted by Gasteiger charge is -2.37. The first-order valence-corrected chi connectivity index (χ1v) is 19.8. The van der Waals surface area contributed by atoms with Gasteiger partial charge in [0.2, 0.25) is 17.7 Å². The van der Waals surface area contributed by atoms with E-state index in [2.05, 4.69) is 18.0 Å². The zero-order chi connectivity index (χ0) is 40.5. The number of carbonyl (C=O) groups is 4. The van der Waals surface area contributed by atoms with Crippen molar-refractivity contribution in [2.24, 2.45) is 17.3 Å². The summed E-state index contributed by atoms with van der Waals surface area (Å²) in [6, 6.07) is 24.4. The van der Waals surface area contributed by atoms with Crippen LogP contribution in [0.2, 0.25) is 0 Å². The summed E-state index contributed by atoms with van der Waals surface area (Å²) in [6.45, 7) is 12.7. The third kappa shape index (κ3) is 8.10. The van der Waals surface area contributed by atoms with Crippen LogP contribution < -0.4 is 14.8 Å². The number of fused-ring (bicyclic) bond motifs is 2. The number of aromatic nitrogens is 1. The predicted octanol–water partition coefficient (Wildman–Crippen LogP) is 6.52. The molecule has 1 N–H and O–H groups in total. The van der Waals surface area contributed by atoms with E-state index in [0.717, 1.165) is 22.9 Å². The molecular weight excluding hydrogens is 721 g/mol. The van der Waals surface area contributed by atoms with Gasteiger partial charge in [-0.15, -0.1) is 6.58 Å². The highest BCUT2D eigenvalue weighted by Crippen LogP contribution is 2.46. The van der Waals surface area contributed by atoms with E-state index in [4.69, 9.17) is 19.2 Å². The summed E-state index contributed by atoms with van der Waals surface area (Å²) in [5.74, 6) is -1.27. The molecule has 0 spiro atoms. The molecule has 57 heavy (non-hydrogen) atoms. The number of hydrogen-bond acceptors (Lipinski definition) is 8. The quantitative estimate of drug-likeness (QED) is 0.128. The van der Waals surface area contributed by atoms with Crippen LogP contribution in [-0.2, 0) is 36.9 Å². The number of pyridine rings is 1. The van der Waals surface area contributed by atoms with Crippen LogP contribution in [0, 0.1) is 17.3 Å². The number of amides is 3. The molecular formula is C46H52N4O7. The van der Waals surface area contributed by atoms with Gasteiger partial charge < -0.3 is 29.3 Å². The average molecular weight is 773 g/mol. The number of methoxy groups -OCH3 is 1. The van der Waals surface area contributed by atoms with Gasteiger partial charge in [0.05, 0.1) is 37.4 Å². The monoisotopic (exact) mass is 772 g/mol. The molecule has 3 aliphatic rings. The highest BCUT2D eigenvalue weighted by molar-refractivity contribution is 5.96. The van der Waals surface area contributed by atoms with E-state index in [9.17, 15) is 19.2 Å². The van der Waals surface area contributed by atoms with Gasteiger partial charge in [0.1, 0.15) is 29.2 Å². The van der Waals surface area contributed by atoms with Gasteiger partial charge in [-0.1, -0.05) is 81.4 Å². The molecule has 1 saturated carbocycles. The van der Waals surface area contributed by atoms with Crippen molar-refractivity contribution in [3.63, 3.8) is 0 Å². The molecule has 1 aliphatic carbocycles. The first-order chi connectivity index (χ1) is 27.3. The Balaban J connectivity index is 1.20. The minimum atomic E-state index is -1.25. The van der Waals surface area contributed by atoms with Crippen molar-refractivity contribution >= 4 is 34.6 Å². The number of ether oxygens (including phenoxy) is 3. The molecule has 2 aliphatic heterocycles. The van der Waals surface area contributed by atoms with Crippen LogP contribution in [0.25, 0.3) is 22.2 Å². The summed E-state index contributed by atoms with van der Waals surface area (Å²) in [7, 11) is 1.60. The second-order valence-corrected chi connectivity index (χ2v) is 16.4. The van der Waals surface area contributed by atoms with Gasteiger partial charge in [-0.2, -0.15) is 0 Å². The van der Waals surface area contributed by atoms with Gasteiger partial charge in [-0.05, 0) is 48.4 Å². The largest absolute Gasteiger partial charge is 0.497 e. The maximum absolute atomic E-state index is 15.0. The first kappa shape index (κ1) is 39.5. The van der Waals surface area contributed by atoms with Crippen LogP contribution in [0.3, 0.4) is 0 Å². The zero-order valence-corrected chi connectivity index (χ0v) is 33.5. The molecule has 0 bridgehead atoms. The van der Waals surface area contributed by atoms with Crippen molar-refractivity contribution in [1.82, 2.24) is 20.1 Å². The van der Waals surface area contributed by atoms with Gasteiger partial charge in [0, 0.05) is 54.9 Å². The molecule has 11 nitrogen and oxygen atoms in total. The van der Waals surface area contributed by atoms with Gasteiger partial charge in [-0.3, -0.25) is 14.4 Å². The SMILES string of the molecule is C=CC1CC1(NC(=O)[C@@H]1C[C@@H](Oc2cc(-c3ccccc3)nc3cc(OC)ccc23)CN1C(=O)[C@@H](CC(=O)N1CCc2ccccc2C1)C(C)(C)C)C(=O)OCC. The van der Waals surface area contributed by atoms with E-state index in [1.54, 1.807) is 25.0 Å². The second-order valence-electron chi connectivity index (χ2n) is 16.4. The molecule has 4 aromatic rings. The van der Waals surface area contributed by atoms with E-state index in [-0.39, 0.29) is 43.7 Å². The fourth-order valence-corrected chi connectivity index (χ4v) is 8.25. The molecule has 0 radical (unpaired) electrons. The summed E-state index contributed by atoms with van der Waals surface area (Å²) < 4.78 is 17.7. The number of esters is 1. The Morgan fingerprint density at radius 2 is 1.75 bits per heavy atom. The Morgan fingerprint density at radius 3 is 2.44 bits per heavy atom. The van der Waals surface area contributed by atoms with Crippen molar-refractivity contribution < 1.29 is 33.4 Å². The topological polar surface area (TPSA) is 127 Å². The second kappa shape index (κ2) is 16.0. The smallest absolute Gasteiger partial charge is 0.332 e. The molecule has 2 fully saturated rings. The normalized spacial score (nSPS) is 21.9. The van der Waals surface area contributed by atoms with Crippen LogP contribution in [0.5, 0.6) is 11.5 Å². The van der Waals surface area contributed by atoms with E-state index in [0.29, 0.717) is 42.2 Å². The molecule has 2 unspecified atom stereocenters. The number of carbonyl (C=O) groups excluding carboxylic acids is 4. The molecule has 7 rings (SSSR count). The standard InChI is InChI=1S/C46H52N4O7/c1-7-32-26-46(32,44(54)56-8-2)48-42(52)39-23-34(57-40-25-37(30-15-10-9-11-16-30)47-38-22-33(55-6)18-19-35(38)40)28-50(39)43(53)36(45(3,4)5)24-41(51)49-21-20-29-14-12-13-17-31(29)27-49/h7,9-19,22,25,32,34,36,39H,1,8,20-21,23-24,26-28H2,2-6H3,(H,48,52)/t32?,34-,36-,39+,46?/m1/s1. The Morgan fingerprint density at radius 1 is 1.02 bits per heavy atom. The van der Waals surface area contributed by atoms with Crippen molar-refractivity contribution in [1.29, 1.82) is 0 Å². The van der Waals surface area contributed by atoms with Crippen molar-refractivity contribution in [3.8, 4) is 22.8 Å². The van der Waals surface area contributed by atoms with Crippen molar-refractivity contribution in [2.45, 2.75) is 77.6 Å². The number of rotatable bonds is 12. The molecule has 3 aromatic carbocycles. The predicted molar refractivity (Wildman–Crippen MR) is 217 cm³/mol. The highest BCUT2D eigenvalue weighted by Gasteiger charge is 2.62. The Labute approximate surface area is 334 Å². The fourth-order valence-electron chi connectivity index (χ4n) is 8.25. The number of likely N-dealkylation sites (tertiary alicyclic amines) is 1. The Kier molecular flexibility index (Phi) is 11.1. The van der Waals surface area contributed by atoms with Crippen molar-refractivity contribution in [2.75, 3.05) is 26.8 Å².